The van der Waals surface area contributed by atoms with Crippen LogP contribution in [0.2, 0.25) is 0 Å². The number of hydrogen-bond acceptors (Lipinski definition) is 1. The molecule has 0 saturated carbocycles. The van der Waals surface area contributed by atoms with Gasteiger partial charge in [-0.25, -0.2) is 9.55 Å². The van der Waals surface area contributed by atoms with Gasteiger partial charge in [0.15, 0.2) is 0 Å². The zero-order valence-electron chi connectivity index (χ0n) is 6.30. The van der Waals surface area contributed by atoms with Gasteiger partial charge >= 0.3 is 0 Å². The maximum absolute atomic E-state index is 5.38. The molecule has 1 aromatic heterocycles. The second-order valence-corrected chi connectivity index (χ2v) is 2.43. The first kappa shape index (κ1) is 7.28. The summed E-state index contributed by atoms with van der Waals surface area (Å²) in [6, 6.07) is 0. The molecule has 0 fully saturated rings. The van der Waals surface area contributed by atoms with Crippen LogP contribution in [0.3, 0.4) is 0 Å². The number of rotatable bonds is 3. The van der Waals surface area contributed by atoms with E-state index in [2.05, 4.69) is 9.55 Å². The first-order valence-electron chi connectivity index (χ1n) is 3.56. The Morgan fingerprint density at radius 3 is 3.00 bits per heavy atom. The van der Waals surface area contributed by atoms with Crippen molar-refractivity contribution in [1.29, 1.82) is 0 Å². The topological polar surface area (TPSA) is 45.7 Å². The van der Waals surface area contributed by atoms with Crippen LogP contribution < -0.4 is 10.3 Å². The Morgan fingerprint density at radius 1 is 1.70 bits per heavy atom. The Kier molecular flexibility index (Phi) is 2.45. The van der Waals surface area contributed by atoms with E-state index in [-0.39, 0.29) is 0 Å². The van der Waals surface area contributed by atoms with Crippen LogP contribution in [0.25, 0.3) is 0 Å². The molecule has 0 radical (unpaired) electrons. The smallest absolute Gasteiger partial charge is 0.241 e. The monoisotopic (exact) mass is 140 g/mol. The fraction of sp³-hybridized carbons (Fsp3) is 0.571. The Bertz CT molecular complexity index is 192. The van der Waals surface area contributed by atoms with Crippen molar-refractivity contribution in [3.8, 4) is 0 Å². The van der Waals surface area contributed by atoms with Crippen molar-refractivity contribution in [1.82, 2.24) is 4.98 Å². The van der Waals surface area contributed by atoms with E-state index >= 15 is 0 Å². The molecule has 0 bridgehead atoms. The van der Waals surface area contributed by atoms with E-state index in [1.165, 1.54) is 5.69 Å². The number of nitrogens with one attached hydrogen (secondary N) is 1. The van der Waals surface area contributed by atoms with Crippen LogP contribution in [0.1, 0.15) is 12.1 Å². The molecule has 0 aliphatic carbocycles. The summed E-state index contributed by atoms with van der Waals surface area (Å²) in [5.41, 5.74) is 6.69. The Labute approximate surface area is 60.9 Å². The van der Waals surface area contributed by atoms with E-state index in [1.54, 1.807) is 0 Å². The summed E-state index contributed by atoms with van der Waals surface area (Å²) in [5.74, 6) is 0. The number of nitrogens with zero attached hydrogens (tertiary/aromatic N) is 1. The van der Waals surface area contributed by atoms with Gasteiger partial charge in [0, 0.05) is 6.42 Å². The average molecular weight is 140 g/mol. The summed E-state index contributed by atoms with van der Waals surface area (Å²) in [6.45, 7) is 0.769. The van der Waals surface area contributed by atoms with Gasteiger partial charge in [-0.3, -0.25) is 0 Å². The van der Waals surface area contributed by atoms with Gasteiger partial charge in [-0.05, 0) is 13.0 Å². The molecule has 0 spiro atoms. The zero-order valence-corrected chi connectivity index (χ0v) is 6.30. The molecule has 3 heteroatoms. The minimum atomic E-state index is 0.769. The molecule has 1 rings (SSSR count). The van der Waals surface area contributed by atoms with E-state index < -0.39 is 0 Å². The molecule has 1 heterocycles. The summed E-state index contributed by atoms with van der Waals surface area (Å²) < 4.78 is 2.08. The van der Waals surface area contributed by atoms with Gasteiger partial charge in [0.05, 0.1) is 7.05 Å². The highest BCUT2D eigenvalue weighted by Gasteiger charge is 2.01. The van der Waals surface area contributed by atoms with Crippen LogP contribution in [0, 0.1) is 0 Å². The summed E-state index contributed by atoms with van der Waals surface area (Å²) in [5, 5.41) is 0. The van der Waals surface area contributed by atoms with Gasteiger partial charge in [0.25, 0.3) is 0 Å². The first-order valence-corrected chi connectivity index (χ1v) is 3.56. The van der Waals surface area contributed by atoms with Crippen molar-refractivity contribution in [2.75, 3.05) is 6.54 Å². The van der Waals surface area contributed by atoms with Gasteiger partial charge < -0.3 is 5.73 Å². The minimum absolute atomic E-state index is 0.769. The molecule has 10 heavy (non-hydrogen) atoms. The highest BCUT2D eigenvalue weighted by Crippen LogP contribution is 1.91. The third-order valence-corrected chi connectivity index (χ3v) is 1.61. The standard InChI is InChI=1S/C7H13N3/c1-10-6-9-5-7(10)3-2-4-8/h5-6H,2-4,8H2,1H3/p+1. The molecule has 0 aliphatic heterocycles. The molecule has 0 unspecified atom stereocenters. The number of nitrogens with two attached hydrogens (primary N) is 1. The van der Waals surface area contributed by atoms with Crippen LogP contribution in [0.5, 0.6) is 0 Å². The molecule has 3 N–H and O–H groups in total. The van der Waals surface area contributed by atoms with Crippen molar-refractivity contribution in [3.05, 3.63) is 18.2 Å². The quantitative estimate of drug-likeness (QED) is 0.558. The lowest BCUT2D eigenvalue weighted by molar-refractivity contribution is -0.677. The molecule has 1 aromatic rings. The van der Waals surface area contributed by atoms with Crippen molar-refractivity contribution < 1.29 is 4.57 Å². The molecule has 0 aromatic carbocycles. The third kappa shape index (κ3) is 1.57. The van der Waals surface area contributed by atoms with E-state index in [4.69, 9.17) is 5.73 Å². The van der Waals surface area contributed by atoms with Crippen LogP contribution >= 0.6 is 0 Å². The van der Waals surface area contributed by atoms with Crippen molar-refractivity contribution in [2.45, 2.75) is 12.8 Å². The van der Waals surface area contributed by atoms with Gasteiger partial charge in [0.1, 0.15) is 11.9 Å². The van der Waals surface area contributed by atoms with Crippen LogP contribution in [0.15, 0.2) is 12.5 Å². The van der Waals surface area contributed by atoms with Crippen molar-refractivity contribution >= 4 is 0 Å². The Balaban J connectivity index is 2.49. The lowest BCUT2D eigenvalue weighted by atomic mass is 10.2. The number of H-pyrrole nitrogens is 1. The number of imidazole rings is 1. The van der Waals surface area contributed by atoms with Gasteiger partial charge in [-0.2, -0.15) is 0 Å². The summed E-state index contributed by atoms with van der Waals surface area (Å²) >= 11 is 0. The molecular formula is C7H14N3+. The fourth-order valence-corrected chi connectivity index (χ4v) is 0.962. The van der Waals surface area contributed by atoms with E-state index in [9.17, 15) is 0 Å². The predicted octanol–water partition coefficient (Wildman–Crippen LogP) is -0.269. The highest BCUT2D eigenvalue weighted by molar-refractivity contribution is 4.85. The molecule has 0 saturated heterocycles. The van der Waals surface area contributed by atoms with Gasteiger partial charge in [0.2, 0.25) is 6.33 Å². The third-order valence-electron chi connectivity index (χ3n) is 1.61. The Hall–Kier alpha value is -0.830. The van der Waals surface area contributed by atoms with Crippen molar-refractivity contribution in [3.63, 3.8) is 0 Å². The highest BCUT2D eigenvalue weighted by atomic mass is 15.0. The maximum atomic E-state index is 5.38. The lowest BCUT2D eigenvalue weighted by Crippen LogP contribution is -2.30. The molecule has 0 atom stereocenters. The maximum Gasteiger partial charge on any atom is 0.241 e. The molecule has 0 amide bonds. The summed E-state index contributed by atoms with van der Waals surface area (Å²) in [7, 11) is 2.03. The van der Waals surface area contributed by atoms with Gasteiger partial charge in [-0.15, -0.1) is 0 Å². The van der Waals surface area contributed by atoms with E-state index in [0.29, 0.717) is 0 Å². The lowest BCUT2D eigenvalue weighted by Gasteiger charge is -1.92. The van der Waals surface area contributed by atoms with Crippen LogP contribution in [0.4, 0.5) is 0 Å². The molecular weight excluding hydrogens is 126 g/mol. The molecule has 56 valence electrons. The zero-order chi connectivity index (χ0) is 7.40. The van der Waals surface area contributed by atoms with Crippen molar-refractivity contribution in [2.24, 2.45) is 12.8 Å². The van der Waals surface area contributed by atoms with Crippen LogP contribution in [-0.4, -0.2) is 11.5 Å². The minimum Gasteiger partial charge on any atom is -0.330 e. The largest absolute Gasteiger partial charge is 0.330 e. The number of aromatic amines is 1. The first-order chi connectivity index (χ1) is 4.84. The summed E-state index contributed by atoms with van der Waals surface area (Å²) in [6.07, 6.45) is 6.07. The normalized spacial score (nSPS) is 10.2. The second-order valence-electron chi connectivity index (χ2n) is 2.43. The number of hydrogen-bond donors (Lipinski definition) is 2. The summed E-state index contributed by atoms with van der Waals surface area (Å²) in [4.78, 5) is 3.03. The predicted molar refractivity (Wildman–Crippen MR) is 39.3 cm³/mol. The van der Waals surface area contributed by atoms with E-state index in [1.807, 2.05) is 19.6 Å². The molecule has 3 nitrogen and oxygen atoms in total. The second kappa shape index (κ2) is 3.37. The average Bonchev–Trinajstić information content (AvgIpc) is 2.31. The Morgan fingerprint density at radius 2 is 2.50 bits per heavy atom. The fourth-order valence-electron chi connectivity index (χ4n) is 0.962. The number of aromatic nitrogens is 2. The number of aryl methyl sites for hydroxylation is 2. The van der Waals surface area contributed by atoms with E-state index in [0.717, 1.165) is 19.4 Å². The van der Waals surface area contributed by atoms with Gasteiger partial charge in [-0.1, -0.05) is 0 Å². The molecule has 0 aliphatic rings. The SMILES string of the molecule is C[n+]1c[nH]cc1CCCN. The van der Waals surface area contributed by atoms with Crippen LogP contribution in [-0.2, 0) is 13.5 Å².